The van der Waals surface area contributed by atoms with E-state index in [1.54, 1.807) is 11.7 Å². The molecule has 0 radical (unpaired) electrons. The summed E-state index contributed by atoms with van der Waals surface area (Å²) in [6.45, 7) is 3.50. The molecule has 3 N–H and O–H groups in total. The van der Waals surface area contributed by atoms with Gasteiger partial charge >= 0.3 is 6.18 Å². The number of halogens is 5. The third kappa shape index (κ3) is 7.29. The van der Waals surface area contributed by atoms with Crippen molar-refractivity contribution in [1.29, 1.82) is 5.26 Å². The number of aromatic nitrogens is 3. The van der Waals surface area contributed by atoms with E-state index < -0.39 is 58.3 Å². The molecule has 13 nitrogen and oxygen atoms in total. The van der Waals surface area contributed by atoms with Crippen molar-refractivity contribution in [2.45, 2.75) is 43.9 Å². The van der Waals surface area contributed by atoms with E-state index in [-0.39, 0.29) is 46.5 Å². The molecule has 3 aliphatic heterocycles. The van der Waals surface area contributed by atoms with Crippen molar-refractivity contribution in [2.24, 2.45) is 12.0 Å². The lowest BCUT2D eigenvalue weighted by Crippen LogP contribution is -2.44. The number of anilines is 4. The van der Waals surface area contributed by atoms with Crippen molar-refractivity contribution in [3.8, 4) is 6.07 Å². The first-order chi connectivity index (χ1) is 29.5. The highest BCUT2D eigenvalue weighted by Gasteiger charge is 2.51. The Hall–Kier alpha value is -7.07. The van der Waals surface area contributed by atoms with E-state index in [0.29, 0.717) is 41.8 Å². The molecular weight excluding hydrogens is 832 g/mol. The number of alkyl halides is 3. The highest BCUT2D eigenvalue weighted by molar-refractivity contribution is 7.81. The number of aliphatic imine (C=N–C) groups is 1. The number of aryl methyl sites for hydroxylation is 1. The van der Waals surface area contributed by atoms with Crippen LogP contribution < -0.4 is 25.8 Å². The number of nitrogens with zero attached hydrogens (tertiary/aromatic N) is 7. The number of amides is 2. The Morgan fingerprint density at radius 2 is 1.76 bits per heavy atom. The third-order valence-electron chi connectivity index (χ3n) is 11.1. The van der Waals surface area contributed by atoms with Gasteiger partial charge in [0, 0.05) is 48.3 Å². The van der Waals surface area contributed by atoms with Crippen LogP contribution in [0.5, 0.6) is 0 Å². The van der Waals surface area contributed by atoms with Gasteiger partial charge in [0.2, 0.25) is 0 Å². The van der Waals surface area contributed by atoms with Gasteiger partial charge in [-0.3, -0.25) is 29.0 Å². The molecule has 2 atom stereocenters. The number of benzene rings is 4. The summed E-state index contributed by atoms with van der Waals surface area (Å²) in [5.41, 5.74) is -0.122. The monoisotopic (exact) mass is 866 g/mol. The van der Waals surface area contributed by atoms with Crippen LogP contribution in [0.15, 0.2) is 84.1 Å². The average molecular weight is 867 g/mol. The number of thiocarbonyl (C=S) groups is 1. The van der Waals surface area contributed by atoms with E-state index in [1.165, 1.54) is 61.5 Å². The van der Waals surface area contributed by atoms with Gasteiger partial charge in [-0.25, -0.2) is 13.8 Å². The molecule has 1 fully saturated rings. The number of nitrogens with one attached hydrogen (secondary N) is 3. The largest absolute Gasteiger partial charge is 0.417 e. The first-order valence-corrected chi connectivity index (χ1v) is 19.6. The van der Waals surface area contributed by atoms with Gasteiger partial charge < -0.3 is 20.9 Å². The van der Waals surface area contributed by atoms with E-state index in [4.69, 9.17) is 12.2 Å². The molecule has 316 valence electrons. The Labute approximate surface area is 356 Å². The highest BCUT2D eigenvalue weighted by atomic mass is 32.1. The average Bonchev–Trinajstić information content (AvgIpc) is 3.73. The van der Waals surface area contributed by atoms with Crippen molar-refractivity contribution >= 4 is 63.4 Å². The summed E-state index contributed by atoms with van der Waals surface area (Å²) in [7, 11) is 1.77. The maximum atomic E-state index is 15.5. The van der Waals surface area contributed by atoms with Crippen molar-refractivity contribution in [2.75, 3.05) is 40.1 Å². The summed E-state index contributed by atoms with van der Waals surface area (Å²) < 4.78 is 73.0. The molecule has 0 unspecified atom stereocenters. The van der Waals surface area contributed by atoms with Crippen LogP contribution in [0, 0.1) is 23.0 Å². The van der Waals surface area contributed by atoms with Crippen molar-refractivity contribution in [3.63, 3.8) is 0 Å². The number of hydrogen-bond acceptors (Lipinski definition) is 10. The number of carbonyl (C=O) groups is 3. The lowest BCUT2D eigenvalue weighted by molar-refractivity contribution is -0.137. The molecular formula is C43H35F5N10O3S. The summed E-state index contributed by atoms with van der Waals surface area (Å²) in [6.07, 6.45) is -2.96. The number of ketones is 1. The van der Waals surface area contributed by atoms with E-state index in [2.05, 4.69) is 31.0 Å². The molecule has 19 heteroatoms. The molecule has 0 bridgehead atoms. The Morgan fingerprint density at radius 1 is 1.02 bits per heavy atom. The fraction of sp³-hybridized carbons (Fsp3) is 0.256. The standard InChI is InChI=1S/C43H35F5N10O3S/c1-42(2)40(61)57(26-10-7-23(19-49)30(17-26)43(46,47)48)41(62)58(42)27-11-12-28(31(45)18-27)39(60)51-14-4-13-50-25-8-5-22(6-9-25)36-35(38-53-21-54-56(38)3)37-34-29(33(59)20-52-37)15-24(44)16-32(34)55-36/h5-12,15-18,21,35-36,50,55H,4,13-14,20H2,1-3H3,(H,51,60)/t35-,36-/m1/s1. The summed E-state index contributed by atoms with van der Waals surface area (Å²) in [6, 6.07) is 17.7. The molecule has 2 amide bonds. The van der Waals surface area contributed by atoms with Gasteiger partial charge in [0.05, 0.1) is 46.1 Å². The molecule has 1 aromatic heterocycles. The molecule has 5 aromatic rings. The predicted molar refractivity (Wildman–Crippen MR) is 223 cm³/mol. The molecule has 0 spiro atoms. The van der Waals surface area contributed by atoms with Crippen LogP contribution in [0.3, 0.4) is 0 Å². The van der Waals surface area contributed by atoms with Crippen LogP contribution in [0.4, 0.5) is 44.7 Å². The maximum Gasteiger partial charge on any atom is 0.417 e. The van der Waals surface area contributed by atoms with Crippen molar-refractivity contribution in [1.82, 2.24) is 20.1 Å². The highest BCUT2D eigenvalue weighted by Crippen LogP contribution is 2.45. The number of hydrogen-bond donors (Lipinski definition) is 3. The molecule has 62 heavy (non-hydrogen) atoms. The van der Waals surface area contributed by atoms with Gasteiger partial charge in [0.1, 0.15) is 35.9 Å². The van der Waals surface area contributed by atoms with Gasteiger partial charge in [-0.1, -0.05) is 12.1 Å². The zero-order valence-electron chi connectivity index (χ0n) is 33.1. The first kappa shape index (κ1) is 41.7. The minimum atomic E-state index is -4.87. The number of rotatable bonds is 10. The fourth-order valence-corrected chi connectivity index (χ4v) is 8.57. The van der Waals surface area contributed by atoms with Crippen LogP contribution in [-0.2, 0) is 18.0 Å². The summed E-state index contributed by atoms with van der Waals surface area (Å²) in [5.74, 6) is -2.89. The smallest absolute Gasteiger partial charge is 0.385 e. The Kier molecular flexibility index (Phi) is 10.6. The molecule has 3 aliphatic rings. The van der Waals surface area contributed by atoms with Gasteiger partial charge in [0.25, 0.3) is 11.8 Å². The van der Waals surface area contributed by atoms with Gasteiger partial charge in [-0.2, -0.15) is 23.5 Å². The zero-order valence-corrected chi connectivity index (χ0v) is 34.0. The summed E-state index contributed by atoms with van der Waals surface area (Å²) in [5, 5.41) is 22.6. The minimum absolute atomic E-state index is 0.0975. The number of nitriles is 1. The van der Waals surface area contributed by atoms with Crippen LogP contribution >= 0.6 is 12.2 Å². The van der Waals surface area contributed by atoms with E-state index in [0.717, 1.165) is 28.3 Å². The van der Waals surface area contributed by atoms with E-state index >= 15 is 4.39 Å². The number of carbonyl (C=O) groups excluding carboxylic acids is 3. The van der Waals surface area contributed by atoms with Crippen molar-refractivity contribution < 1.29 is 36.3 Å². The maximum absolute atomic E-state index is 15.5. The Balaban J connectivity index is 0.894. The Morgan fingerprint density at radius 3 is 2.44 bits per heavy atom. The second-order valence-corrected chi connectivity index (χ2v) is 15.7. The summed E-state index contributed by atoms with van der Waals surface area (Å²) in [4.78, 5) is 50.6. The number of Topliss-reactive ketones (excluding diaryl/α,β-unsaturated/α-hetero) is 1. The second kappa shape index (κ2) is 15.8. The fourth-order valence-electron chi connectivity index (χ4n) is 8.05. The molecule has 8 rings (SSSR count). The normalized spacial score (nSPS) is 17.9. The first-order valence-electron chi connectivity index (χ1n) is 19.2. The SMILES string of the molecule is Cn1ncnc1[C@H]1C2=NCC(=O)c3cc(F)cc(c32)N[C@@H]1c1ccc(NCCCNC(=O)c2ccc(N3C(=S)N(c4ccc(C#N)c(C(F)(F)F)c4)C(=O)C3(C)C)cc2F)cc1. The van der Waals surface area contributed by atoms with E-state index in [1.807, 2.05) is 24.3 Å². The van der Waals surface area contributed by atoms with Crippen molar-refractivity contribution in [3.05, 3.63) is 130 Å². The molecule has 4 heterocycles. The third-order valence-corrected chi connectivity index (χ3v) is 11.4. The lowest BCUT2D eigenvalue weighted by atomic mass is 9.78. The quantitative estimate of drug-likeness (QED) is 0.0753. The van der Waals surface area contributed by atoms with Gasteiger partial charge in [-0.05, 0) is 98.7 Å². The summed E-state index contributed by atoms with van der Waals surface area (Å²) >= 11 is 5.53. The molecule has 0 aliphatic carbocycles. The van der Waals surface area contributed by atoms with Crippen LogP contribution in [0.2, 0.25) is 0 Å². The van der Waals surface area contributed by atoms with Gasteiger partial charge in [0.15, 0.2) is 10.9 Å². The molecule has 0 saturated carbocycles. The molecule has 4 aromatic carbocycles. The van der Waals surface area contributed by atoms with Crippen LogP contribution in [-0.4, -0.2) is 68.4 Å². The molecule has 1 saturated heterocycles. The van der Waals surface area contributed by atoms with Crippen LogP contribution in [0.25, 0.3) is 0 Å². The van der Waals surface area contributed by atoms with Crippen LogP contribution in [0.1, 0.15) is 81.0 Å². The van der Waals surface area contributed by atoms with E-state index in [9.17, 15) is 37.2 Å². The lowest BCUT2D eigenvalue weighted by Gasteiger charge is -2.37. The second-order valence-electron chi connectivity index (χ2n) is 15.3. The zero-order chi connectivity index (χ0) is 44.2. The Bertz CT molecular complexity index is 2760. The van der Waals surface area contributed by atoms with Gasteiger partial charge in [-0.15, -0.1) is 0 Å². The minimum Gasteiger partial charge on any atom is -0.385 e. The topological polar surface area (TPSA) is 161 Å². The predicted octanol–water partition coefficient (Wildman–Crippen LogP) is 7.07.